The number of fused-ring (bicyclic) bond motifs is 1. The van der Waals surface area contributed by atoms with E-state index in [-0.39, 0.29) is 12.6 Å². The Labute approximate surface area is 117 Å². The highest BCUT2D eigenvalue weighted by Crippen LogP contribution is 2.21. The fourth-order valence-corrected chi connectivity index (χ4v) is 1.94. The topological polar surface area (TPSA) is 93.0 Å². The summed E-state index contributed by atoms with van der Waals surface area (Å²) < 4.78 is 5.24. The summed E-state index contributed by atoms with van der Waals surface area (Å²) in [5, 5.41) is 10.8. The van der Waals surface area contributed by atoms with Crippen LogP contribution in [0.15, 0.2) is 24.3 Å². The first-order chi connectivity index (χ1) is 9.40. The lowest BCUT2D eigenvalue weighted by Gasteiger charge is -2.22. The first-order valence-corrected chi connectivity index (χ1v) is 6.53. The molecule has 108 valence electrons. The molecule has 0 bridgehead atoms. The minimum absolute atomic E-state index is 0.255. The number of aromatic amines is 1. The van der Waals surface area contributed by atoms with Crippen molar-refractivity contribution < 1.29 is 9.53 Å². The number of nitrogens with two attached hydrogens (primary N) is 1. The Morgan fingerprint density at radius 3 is 2.80 bits per heavy atom. The van der Waals surface area contributed by atoms with Gasteiger partial charge in [0.1, 0.15) is 5.60 Å². The van der Waals surface area contributed by atoms with E-state index < -0.39 is 11.7 Å². The molecule has 0 saturated heterocycles. The summed E-state index contributed by atoms with van der Waals surface area (Å²) in [5.74, 6) is 0. The van der Waals surface area contributed by atoms with E-state index in [1.807, 2.05) is 45.0 Å². The summed E-state index contributed by atoms with van der Waals surface area (Å²) in [5.41, 5.74) is 6.83. The quantitative estimate of drug-likeness (QED) is 0.800. The Hall–Kier alpha value is -2.08. The van der Waals surface area contributed by atoms with Crippen LogP contribution in [0.4, 0.5) is 4.79 Å². The van der Waals surface area contributed by atoms with Crippen LogP contribution in [-0.4, -0.2) is 28.4 Å². The van der Waals surface area contributed by atoms with E-state index in [1.54, 1.807) is 0 Å². The Morgan fingerprint density at radius 2 is 2.15 bits per heavy atom. The predicted octanol–water partition coefficient (Wildman–Crippen LogP) is 2.09. The van der Waals surface area contributed by atoms with Crippen LogP contribution in [-0.2, 0) is 4.74 Å². The number of rotatable bonds is 3. The van der Waals surface area contributed by atoms with Gasteiger partial charge in [0.25, 0.3) is 0 Å². The molecule has 0 fully saturated rings. The van der Waals surface area contributed by atoms with Crippen LogP contribution >= 0.6 is 0 Å². The van der Waals surface area contributed by atoms with Crippen LogP contribution in [0.3, 0.4) is 0 Å². The van der Waals surface area contributed by atoms with Crippen molar-refractivity contribution in [2.24, 2.45) is 5.73 Å². The lowest BCUT2D eigenvalue weighted by molar-refractivity contribution is 0.0504. The van der Waals surface area contributed by atoms with Gasteiger partial charge in [0.05, 0.1) is 17.3 Å². The van der Waals surface area contributed by atoms with Gasteiger partial charge in [0, 0.05) is 11.9 Å². The monoisotopic (exact) mass is 276 g/mol. The molecule has 4 N–H and O–H groups in total. The number of nitrogens with zero attached hydrogens (tertiary/aromatic N) is 1. The van der Waals surface area contributed by atoms with Crippen molar-refractivity contribution in [1.29, 1.82) is 0 Å². The lowest BCUT2D eigenvalue weighted by atomic mass is 10.1. The van der Waals surface area contributed by atoms with Crippen molar-refractivity contribution in [2.75, 3.05) is 6.54 Å². The van der Waals surface area contributed by atoms with Crippen molar-refractivity contribution in [3.05, 3.63) is 30.0 Å². The summed E-state index contributed by atoms with van der Waals surface area (Å²) in [6, 6.07) is 7.30. The summed E-state index contributed by atoms with van der Waals surface area (Å²) >= 11 is 0. The van der Waals surface area contributed by atoms with E-state index in [4.69, 9.17) is 10.5 Å². The van der Waals surface area contributed by atoms with Crippen molar-refractivity contribution >= 4 is 17.0 Å². The third-order valence-electron chi connectivity index (χ3n) is 2.77. The van der Waals surface area contributed by atoms with Gasteiger partial charge in [-0.2, -0.15) is 5.10 Å². The van der Waals surface area contributed by atoms with Gasteiger partial charge in [0.2, 0.25) is 0 Å². The summed E-state index contributed by atoms with van der Waals surface area (Å²) in [7, 11) is 0. The van der Waals surface area contributed by atoms with Gasteiger partial charge in [-0.25, -0.2) is 4.79 Å². The molecular weight excluding hydrogens is 256 g/mol. The minimum Gasteiger partial charge on any atom is -0.444 e. The van der Waals surface area contributed by atoms with Gasteiger partial charge in [-0.05, 0) is 26.8 Å². The molecule has 6 heteroatoms. The maximum atomic E-state index is 11.8. The third kappa shape index (κ3) is 3.27. The minimum atomic E-state index is -0.542. The Balaban J connectivity index is 2.18. The van der Waals surface area contributed by atoms with Crippen LogP contribution in [0, 0.1) is 0 Å². The molecule has 1 unspecified atom stereocenters. The Kier molecular flexibility index (Phi) is 3.94. The number of carbonyl (C=O) groups is 1. The van der Waals surface area contributed by atoms with E-state index >= 15 is 0 Å². The average Bonchev–Trinajstić information content (AvgIpc) is 2.77. The number of alkyl carbamates (subject to hydrolysis) is 1. The molecule has 2 aromatic rings. The van der Waals surface area contributed by atoms with Gasteiger partial charge in [-0.1, -0.05) is 18.2 Å². The van der Waals surface area contributed by atoms with Crippen LogP contribution < -0.4 is 11.1 Å². The third-order valence-corrected chi connectivity index (χ3v) is 2.77. The van der Waals surface area contributed by atoms with Gasteiger partial charge in [-0.3, -0.25) is 5.10 Å². The number of benzene rings is 1. The molecule has 0 aliphatic carbocycles. The van der Waals surface area contributed by atoms with Crippen molar-refractivity contribution in [2.45, 2.75) is 32.4 Å². The van der Waals surface area contributed by atoms with Crippen molar-refractivity contribution in [1.82, 2.24) is 15.5 Å². The number of H-pyrrole nitrogens is 1. The fraction of sp³-hybridized carbons (Fsp3) is 0.429. The highest BCUT2D eigenvalue weighted by molar-refractivity contribution is 5.82. The number of nitrogens with one attached hydrogen (secondary N) is 2. The molecule has 0 radical (unpaired) electrons. The van der Waals surface area contributed by atoms with Gasteiger partial charge in [0.15, 0.2) is 0 Å². The normalized spacial score (nSPS) is 13.2. The smallest absolute Gasteiger partial charge is 0.408 e. The number of ether oxygens (including phenoxy) is 1. The highest BCUT2D eigenvalue weighted by atomic mass is 16.6. The molecule has 1 aromatic heterocycles. The zero-order chi connectivity index (χ0) is 14.8. The molecule has 6 nitrogen and oxygen atoms in total. The van der Waals surface area contributed by atoms with Crippen molar-refractivity contribution in [3.63, 3.8) is 0 Å². The van der Waals surface area contributed by atoms with E-state index in [0.29, 0.717) is 0 Å². The molecule has 0 aliphatic rings. The summed E-state index contributed by atoms with van der Waals surface area (Å²) in [6.07, 6.45) is -0.494. The molecule has 0 saturated carbocycles. The number of amides is 1. The molecule has 1 atom stereocenters. The molecule has 2 rings (SSSR count). The second-order valence-corrected chi connectivity index (χ2v) is 5.59. The zero-order valence-electron chi connectivity index (χ0n) is 11.9. The molecule has 0 spiro atoms. The largest absolute Gasteiger partial charge is 0.444 e. The zero-order valence-corrected chi connectivity index (χ0v) is 11.9. The predicted molar refractivity (Wildman–Crippen MR) is 77.3 cm³/mol. The standard InChI is InChI=1S/C14H20N4O2/c1-14(2,3)20-13(19)16-11(8-15)12-9-6-4-5-7-10(9)17-18-12/h4-7,11H,8,15H2,1-3H3,(H,16,19)(H,17,18). The second-order valence-electron chi connectivity index (χ2n) is 5.59. The van der Waals surface area contributed by atoms with Crippen LogP contribution in [0.25, 0.3) is 10.9 Å². The number of carbonyl (C=O) groups excluding carboxylic acids is 1. The maximum absolute atomic E-state index is 11.8. The number of hydrogen-bond acceptors (Lipinski definition) is 4. The van der Waals surface area contributed by atoms with Gasteiger partial charge < -0.3 is 15.8 Å². The number of para-hydroxylation sites is 1. The first-order valence-electron chi connectivity index (χ1n) is 6.53. The Morgan fingerprint density at radius 1 is 1.45 bits per heavy atom. The van der Waals surface area contributed by atoms with Crippen LogP contribution in [0.5, 0.6) is 0 Å². The molecule has 20 heavy (non-hydrogen) atoms. The molecular formula is C14H20N4O2. The van der Waals surface area contributed by atoms with E-state index in [2.05, 4.69) is 15.5 Å². The van der Waals surface area contributed by atoms with E-state index in [0.717, 1.165) is 16.6 Å². The SMILES string of the molecule is CC(C)(C)OC(=O)NC(CN)c1[nH]nc2ccccc12. The fourth-order valence-electron chi connectivity index (χ4n) is 1.94. The second kappa shape index (κ2) is 5.50. The molecule has 1 aromatic carbocycles. The number of hydrogen-bond donors (Lipinski definition) is 3. The average molecular weight is 276 g/mol. The number of aromatic nitrogens is 2. The van der Waals surface area contributed by atoms with Gasteiger partial charge in [-0.15, -0.1) is 0 Å². The van der Waals surface area contributed by atoms with Gasteiger partial charge >= 0.3 is 6.09 Å². The highest BCUT2D eigenvalue weighted by Gasteiger charge is 2.22. The lowest BCUT2D eigenvalue weighted by Crippen LogP contribution is -2.38. The molecule has 0 aliphatic heterocycles. The maximum Gasteiger partial charge on any atom is 0.408 e. The summed E-state index contributed by atoms with van der Waals surface area (Å²) in [6.45, 7) is 5.70. The van der Waals surface area contributed by atoms with E-state index in [9.17, 15) is 4.79 Å². The molecule has 1 heterocycles. The van der Waals surface area contributed by atoms with E-state index in [1.165, 1.54) is 0 Å². The van der Waals surface area contributed by atoms with Crippen LogP contribution in [0.1, 0.15) is 32.5 Å². The first kappa shape index (κ1) is 14.3. The van der Waals surface area contributed by atoms with Crippen LogP contribution in [0.2, 0.25) is 0 Å². The summed E-state index contributed by atoms with van der Waals surface area (Å²) in [4.78, 5) is 11.8. The van der Waals surface area contributed by atoms with Crippen molar-refractivity contribution in [3.8, 4) is 0 Å². The molecule has 1 amide bonds. The Bertz CT molecular complexity index is 600.